The Morgan fingerprint density at radius 3 is 2.43 bits per heavy atom. The Morgan fingerprint density at radius 1 is 1.00 bits per heavy atom. The van der Waals surface area contributed by atoms with Crippen LogP contribution in [0.2, 0.25) is 5.02 Å². The summed E-state index contributed by atoms with van der Waals surface area (Å²) >= 11 is 5.89. The summed E-state index contributed by atoms with van der Waals surface area (Å²) in [5.74, 6) is 0. The second kappa shape index (κ2) is 5.02. The molecule has 2 aromatic carbocycles. The average Bonchev–Trinajstić information content (AvgIpc) is 2.22. The van der Waals surface area contributed by atoms with Crippen molar-refractivity contribution >= 4 is 22.4 Å². The van der Waals surface area contributed by atoms with E-state index in [-0.39, 0.29) is 0 Å². The highest BCUT2D eigenvalue weighted by molar-refractivity contribution is 6.31. The first-order valence-electron chi connectivity index (χ1n) is 4.92. The third-order valence-corrected chi connectivity index (χ3v) is 2.30. The van der Waals surface area contributed by atoms with Crippen molar-refractivity contribution < 1.29 is 0 Å². The number of hydrogen-bond acceptors (Lipinski definition) is 0. The minimum atomic E-state index is 0.803. The first-order valence-corrected chi connectivity index (χ1v) is 5.30. The predicted octanol–water partition coefficient (Wildman–Crippen LogP) is 4.83. The molecular formula is C13H15Cl. The van der Waals surface area contributed by atoms with E-state index >= 15 is 0 Å². The van der Waals surface area contributed by atoms with Gasteiger partial charge in [-0.15, -0.1) is 0 Å². The second-order valence-corrected chi connectivity index (χ2v) is 3.38. The van der Waals surface area contributed by atoms with Crippen molar-refractivity contribution in [1.29, 1.82) is 0 Å². The van der Waals surface area contributed by atoms with Crippen molar-refractivity contribution in [2.24, 2.45) is 0 Å². The average molecular weight is 207 g/mol. The Labute approximate surface area is 90.5 Å². The molecule has 0 aliphatic heterocycles. The van der Waals surface area contributed by atoms with E-state index in [1.54, 1.807) is 0 Å². The SMILES string of the molecule is CC.Cc1cccc2ccc(Cl)cc12. The van der Waals surface area contributed by atoms with Crippen molar-refractivity contribution in [3.63, 3.8) is 0 Å². The van der Waals surface area contributed by atoms with Crippen LogP contribution in [-0.4, -0.2) is 0 Å². The summed E-state index contributed by atoms with van der Waals surface area (Å²) in [5.41, 5.74) is 1.27. The zero-order valence-corrected chi connectivity index (χ0v) is 9.60. The molecule has 0 spiro atoms. The van der Waals surface area contributed by atoms with E-state index in [0.717, 1.165) is 5.02 Å². The summed E-state index contributed by atoms with van der Waals surface area (Å²) in [6.07, 6.45) is 0. The van der Waals surface area contributed by atoms with E-state index in [9.17, 15) is 0 Å². The predicted molar refractivity (Wildman–Crippen MR) is 65.0 cm³/mol. The minimum absolute atomic E-state index is 0.803. The van der Waals surface area contributed by atoms with Gasteiger partial charge in [0.2, 0.25) is 0 Å². The zero-order valence-electron chi connectivity index (χ0n) is 8.84. The van der Waals surface area contributed by atoms with Gasteiger partial charge in [0.15, 0.2) is 0 Å². The molecule has 0 atom stereocenters. The van der Waals surface area contributed by atoms with Gasteiger partial charge < -0.3 is 0 Å². The fraction of sp³-hybridized carbons (Fsp3) is 0.231. The molecule has 0 unspecified atom stereocenters. The molecule has 0 aliphatic rings. The standard InChI is InChI=1S/C11H9Cl.C2H6/c1-8-3-2-4-9-5-6-10(12)7-11(8)9;1-2/h2-7H,1H3;1-2H3. The lowest BCUT2D eigenvalue weighted by Gasteiger charge is -2.00. The van der Waals surface area contributed by atoms with E-state index in [1.165, 1.54) is 16.3 Å². The first kappa shape index (κ1) is 11.1. The van der Waals surface area contributed by atoms with Gasteiger partial charge in [0, 0.05) is 5.02 Å². The van der Waals surface area contributed by atoms with Gasteiger partial charge >= 0.3 is 0 Å². The summed E-state index contributed by atoms with van der Waals surface area (Å²) in [4.78, 5) is 0. The Kier molecular flexibility index (Phi) is 3.97. The highest BCUT2D eigenvalue weighted by atomic mass is 35.5. The fourth-order valence-corrected chi connectivity index (χ4v) is 1.57. The van der Waals surface area contributed by atoms with E-state index in [4.69, 9.17) is 11.6 Å². The number of fused-ring (bicyclic) bond motifs is 1. The number of benzene rings is 2. The lowest BCUT2D eigenvalue weighted by atomic mass is 10.1. The summed E-state index contributed by atoms with van der Waals surface area (Å²) in [7, 11) is 0. The molecule has 1 heteroatoms. The number of aryl methyl sites for hydroxylation is 1. The molecule has 74 valence electrons. The van der Waals surface area contributed by atoms with Crippen molar-refractivity contribution in [1.82, 2.24) is 0 Å². The Hall–Kier alpha value is -1.01. The molecule has 0 aliphatic carbocycles. The molecule has 2 aromatic rings. The van der Waals surface area contributed by atoms with Crippen LogP contribution in [0.3, 0.4) is 0 Å². The first-order chi connectivity index (χ1) is 6.77. The van der Waals surface area contributed by atoms with Crippen molar-refractivity contribution in [2.75, 3.05) is 0 Å². The van der Waals surface area contributed by atoms with Crippen LogP contribution in [-0.2, 0) is 0 Å². The summed E-state index contributed by atoms with van der Waals surface area (Å²) in [5, 5.41) is 3.29. The van der Waals surface area contributed by atoms with Crippen molar-refractivity contribution in [3.05, 3.63) is 47.0 Å². The largest absolute Gasteiger partial charge is 0.0843 e. The maximum absolute atomic E-state index is 5.89. The van der Waals surface area contributed by atoms with E-state index < -0.39 is 0 Å². The van der Waals surface area contributed by atoms with Crippen LogP contribution in [0.4, 0.5) is 0 Å². The Bertz CT molecular complexity index is 419. The van der Waals surface area contributed by atoms with Crippen LogP contribution in [0, 0.1) is 6.92 Å². The summed E-state index contributed by atoms with van der Waals surface area (Å²) in [6.45, 7) is 6.10. The molecular weight excluding hydrogens is 192 g/mol. The molecule has 14 heavy (non-hydrogen) atoms. The summed E-state index contributed by atoms with van der Waals surface area (Å²) < 4.78 is 0. The van der Waals surface area contributed by atoms with Crippen LogP contribution in [0.15, 0.2) is 36.4 Å². The zero-order chi connectivity index (χ0) is 10.6. The van der Waals surface area contributed by atoms with Gasteiger partial charge in [-0.3, -0.25) is 0 Å². The normalized spacial score (nSPS) is 9.43. The van der Waals surface area contributed by atoms with Crippen LogP contribution < -0.4 is 0 Å². The topological polar surface area (TPSA) is 0 Å². The molecule has 0 saturated carbocycles. The second-order valence-electron chi connectivity index (χ2n) is 2.94. The van der Waals surface area contributed by atoms with Gasteiger partial charge in [-0.05, 0) is 35.4 Å². The molecule has 0 aromatic heterocycles. The molecule has 0 bridgehead atoms. The molecule has 0 N–H and O–H groups in total. The molecule has 2 rings (SSSR count). The molecule has 0 radical (unpaired) electrons. The summed E-state index contributed by atoms with van der Waals surface area (Å²) in [6, 6.07) is 12.2. The highest BCUT2D eigenvalue weighted by Crippen LogP contribution is 2.21. The lowest BCUT2D eigenvalue weighted by Crippen LogP contribution is -1.76. The number of rotatable bonds is 0. The molecule has 0 heterocycles. The maximum Gasteiger partial charge on any atom is 0.0412 e. The van der Waals surface area contributed by atoms with Crippen molar-refractivity contribution in [3.8, 4) is 0 Å². The van der Waals surface area contributed by atoms with Crippen LogP contribution >= 0.6 is 11.6 Å². The lowest BCUT2D eigenvalue weighted by molar-refractivity contribution is 1.50. The van der Waals surface area contributed by atoms with Gasteiger partial charge in [0.05, 0.1) is 0 Å². The van der Waals surface area contributed by atoms with E-state index in [2.05, 4.69) is 25.1 Å². The minimum Gasteiger partial charge on any atom is -0.0843 e. The van der Waals surface area contributed by atoms with Gasteiger partial charge in [-0.2, -0.15) is 0 Å². The van der Waals surface area contributed by atoms with E-state index in [0.29, 0.717) is 0 Å². The van der Waals surface area contributed by atoms with Crippen molar-refractivity contribution in [2.45, 2.75) is 20.8 Å². The van der Waals surface area contributed by atoms with Gasteiger partial charge in [-0.25, -0.2) is 0 Å². The third kappa shape index (κ3) is 2.27. The smallest absolute Gasteiger partial charge is 0.0412 e. The van der Waals surface area contributed by atoms with E-state index in [1.807, 2.05) is 32.0 Å². The molecule has 0 fully saturated rings. The van der Waals surface area contributed by atoms with Gasteiger partial charge in [0.25, 0.3) is 0 Å². The van der Waals surface area contributed by atoms with Crippen LogP contribution in [0.1, 0.15) is 19.4 Å². The molecule has 0 saturated heterocycles. The quantitative estimate of drug-likeness (QED) is 0.579. The molecule has 0 amide bonds. The Balaban J connectivity index is 0.000000461. The monoisotopic (exact) mass is 206 g/mol. The maximum atomic E-state index is 5.89. The van der Waals surface area contributed by atoms with Gasteiger partial charge in [0.1, 0.15) is 0 Å². The Morgan fingerprint density at radius 2 is 1.71 bits per heavy atom. The molecule has 0 nitrogen and oxygen atoms in total. The number of hydrogen-bond donors (Lipinski definition) is 0. The van der Waals surface area contributed by atoms with Gasteiger partial charge in [-0.1, -0.05) is 49.7 Å². The van der Waals surface area contributed by atoms with Crippen LogP contribution in [0.5, 0.6) is 0 Å². The fourth-order valence-electron chi connectivity index (χ4n) is 1.40. The third-order valence-electron chi connectivity index (χ3n) is 2.06. The highest BCUT2D eigenvalue weighted by Gasteiger charge is 1.96. The van der Waals surface area contributed by atoms with Crippen LogP contribution in [0.25, 0.3) is 10.8 Å². The number of halogens is 1.